The third-order valence-corrected chi connectivity index (χ3v) is 4.33. The number of aliphatic carboxylic acids is 1. The van der Waals surface area contributed by atoms with Crippen LogP contribution in [-0.4, -0.2) is 17.0 Å². The number of guanidine groups is 1. The molecule has 0 heterocycles. The number of nitrogens with zero attached hydrogens (tertiary/aromatic N) is 1. The van der Waals surface area contributed by atoms with Crippen LogP contribution in [0.15, 0.2) is 83.9 Å². The van der Waals surface area contributed by atoms with Gasteiger partial charge in [-0.3, -0.25) is 4.79 Å². The highest BCUT2D eigenvalue weighted by Crippen LogP contribution is 2.28. The van der Waals surface area contributed by atoms with Crippen molar-refractivity contribution in [3.05, 3.63) is 101 Å². The molecule has 0 fully saturated rings. The maximum Gasteiger partial charge on any atom is 0.304 e. The van der Waals surface area contributed by atoms with E-state index in [4.69, 9.17) is 11.5 Å². The van der Waals surface area contributed by atoms with Crippen LogP contribution in [0, 0.1) is 11.8 Å². The smallest absolute Gasteiger partial charge is 0.304 e. The maximum atomic E-state index is 11.4. The lowest BCUT2D eigenvalue weighted by Crippen LogP contribution is -2.21. The Labute approximate surface area is 169 Å². The molecule has 0 radical (unpaired) electrons. The van der Waals surface area contributed by atoms with E-state index in [2.05, 4.69) is 16.8 Å². The summed E-state index contributed by atoms with van der Waals surface area (Å²) in [6, 6.07) is 24.6. The second kappa shape index (κ2) is 9.25. The normalized spacial score (nSPS) is 11.0. The molecule has 1 unspecified atom stereocenters. The first-order chi connectivity index (χ1) is 14.0. The Morgan fingerprint density at radius 1 is 0.862 bits per heavy atom. The number of aliphatic imine (C=N–C) groups is 1. The Morgan fingerprint density at radius 2 is 1.48 bits per heavy atom. The zero-order valence-corrected chi connectivity index (χ0v) is 15.7. The largest absolute Gasteiger partial charge is 0.481 e. The number of carboxylic acids is 1. The second-order valence-corrected chi connectivity index (χ2v) is 6.52. The average Bonchev–Trinajstić information content (AvgIpc) is 2.71. The summed E-state index contributed by atoms with van der Waals surface area (Å²) in [6.07, 6.45) is 0.0153. The van der Waals surface area contributed by atoms with E-state index in [1.54, 1.807) is 12.1 Å². The first-order valence-electron chi connectivity index (χ1n) is 9.09. The molecule has 0 aliphatic carbocycles. The van der Waals surface area contributed by atoms with Gasteiger partial charge in [-0.2, -0.15) is 0 Å². The average molecular weight is 383 g/mol. The fraction of sp³-hybridized carbons (Fsp3) is 0.0833. The molecule has 0 amide bonds. The number of hydrogen-bond acceptors (Lipinski definition) is 2. The predicted molar refractivity (Wildman–Crippen MR) is 115 cm³/mol. The lowest BCUT2D eigenvalue weighted by molar-refractivity contribution is -0.137. The van der Waals surface area contributed by atoms with Crippen LogP contribution in [0.1, 0.15) is 34.6 Å². The van der Waals surface area contributed by atoms with Crippen LogP contribution in [0.3, 0.4) is 0 Å². The van der Waals surface area contributed by atoms with Gasteiger partial charge in [0, 0.05) is 17.0 Å². The molecule has 0 spiro atoms. The van der Waals surface area contributed by atoms with Crippen LogP contribution < -0.4 is 11.5 Å². The van der Waals surface area contributed by atoms with E-state index in [0.29, 0.717) is 5.69 Å². The third-order valence-electron chi connectivity index (χ3n) is 4.33. The number of carboxylic acid groups (broad SMARTS) is 1. The van der Waals surface area contributed by atoms with Crippen molar-refractivity contribution in [2.45, 2.75) is 12.3 Å². The summed E-state index contributed by atoms with van der Waals surface area (Å²) in [7, 11) is 0. The fourth-order valence-electron chi connectivity index (χ4n) is 3.07. The molecule has 5 N–H and O–H groups in total. The van der Waals surface area contributed by atoms with Crippen LogP contribution in [0.4, 0.5) is 5.69 Å². The van der Waals surface area contributed by atoms with Crippen molar-refractivity contribution in [3.63, 3.8) is 0 Å². The summed E-state index contributed by atoms with van der Waals surface area (Å²) in [4.78, 5) is 15.4. The lowest BCUT2D eigenvalue weighted by Gasteiger charge is -2.16. The molecule has 3 aromatic rings. The fourth-order valence-corrected chi connectivity index (χ4v) is 3.07. The van der Waals surface area contributed by atoms with Crippen molar-refractivity contribution in [1.82, 2.24) is 0 Å². The number of hydrogen-bond donors (Lipinski definition) is 3. The van der Waals surface area contributed by atoms with Gasteiger partial charge in [0.25, 0.3) is 0 Å². The Bertz CT molecular complexity index is 1090. The molecule has 0 aromatic heterocycles. The van der Waals surface area contributed by atoms with Crippen molar-refractivity contribution >= 4 is 17.6 Å². The highest BCUT2D eigenvalue weighted by Gasteiger charge is 2.17. The van der Waals surface area contributed by atoms with Gasteiger partial charge in [0.05, 0.1) is 12.1 Å². The highest BCUT2D eigenvalue weighted by atomic mass is 16.4. The van der Waals surface area contributed by atoms with Crippen molar-refractivity contribution in [2.24, 2.45) is 16.5 Å². The molecule has 0 bridgehead atoms. The third kappa shape index (κ3) is 5.72. The molecule has 5 heteroatoms. The number of benzene rings is 3. The summed E-state index contributed by atoms with van der Waals surface area (Å²) < 4.78 is 0. The number of rotatable bonds is 5. The van der Waals surface area contributed by atoms with Crippen molar-refractivity contribution in [1.29, 1.82) is 0 Å². The highest BCUT2D eigenvalue weighted by molar-refractivity contribution is 5.79. The monoisotopic (exact) mass is 383 g/mol. The van der Waals surface area contributed by atoms with E-state index in [0.717, 1.165) is 22.3 Å². The van der Waals surface area contributed by atoms with Gasteiger partial charge >= 0.3 is 5.97 Å². The minimum atomic E-state index is -0.841. The van der Waals surface area contributed by atoms with Gasteiger partial charge in [-0.05, 0) is 41.5 Å². The predicted octanol–water partition coefficient (Wildman–Crippen LogP) is 3.60. The van der Waals surface area contributed by atoms with E-state index in [-0.39, 0.29) is 18.3 Å². The number of carbonyl (C=O) groups is 1. The summed E-state index contributed by atoms with van der Waals surface area (Å²) in [5.41, 5.74) is 14.9. The van der Waals surface area contributed by atoms with Gasteiger partial charge in [0.2, 0.25) is 0 Å². The first-order valence-corrected chi connectivity index (χ1v) is 9.09. The van der Waals surface area contributed by atoms with Gasteiger partial charge in [-0.1, -0.05) is 60.4 Å². The Hall–Kier alpha value is -4.04. The molecule has 144 valence electrons. The van der Waals surface area contributed by atoms with Crippen LogP contribution >= 0.6 is 0 Å². The van der Waals surface area contributed by atoms with E-state index < -0.39 is 5.97 Å². The molecule has 3 aromatic carbocycles. The van der Waals surface area contributed by atoms with Gasteiger partial charge in [-0.15, -0.1) is 0 Å². The van der Waals surface area contributed by atoms with Crippen molar-refractivity contribution in [3.8, 4) is 11.8 Å². The van der Waals surface area contributed by atoms with Crippen LogP contribution in [-0.2, 0) is 4.79 Å². The summed E-state index contributed by atoms with van der Waals surface area (Å²) >= 11 is 0. The molecule has 0 saturated carbocycles. The maximum absolute atomic E-state index is 11.4. The summed E-state index contributed by atoms with van der Waals surface area (Å²) in [5, 5.41) is 9.36. The summed E-state index contributed by atoms with van der Waals surface area (Å²) in [5.74, 6) is 5.15. The molecule has 0 aliphatic rings. The minimum Gasteiger partial charge on any atom is -0.481 e. The molecule has 5 nitrogen and oxygen atoms in total. The summed E-state index contributed by atoms with van der Waals surface area (Å²) in [6.45, 7) is 0. The molecule has 1 atom stereocenters. The van der Waals surface area contributed by atoms with Crippen molar-refractivity contribution in [2.75, 3.05) is 0 Å². The molecule has 0 saturated heterocycles. The Kier molecular flexibility index (Phi) is 6.29. The molecule has 3 rings (SSSR count). The molecule has 0 aliphatic heterocycles. The first kappa shape index (κ1) is 19.7. The Balaban J connectivity index is 1.91. The van der Waals surface area contributed by atoms with E-state index >= 15 is 0 Å². The molecular formula is C24H21N3O2. The standard InChI is InChI=1S/C24H21N3O2/c25-24(26)27-21-11-5-7-18(15-21)13-12-17-6-4-10-20(14-17)22(16-23(28)29)19-8-2-1-3-9-19/h1-11,14-15,22H,16H2,(H,28,29)(H4,25,26,27). The van der Waals surface area contributed by atoms with Gasteiger partial charge < -0.3 is 16.6 Å². The van der Waals surface area contributed by atoms with Crippen molar-refractivity contribution < 1.29 is 9.90 Å². The van der Waals surface area contributed by atoms with E-state index in [9.17, 15) is 9.90 Å². The van der Waals surface area contributed by atoms with Crippen LogP contribution in [0.2, 0.25) is 0 Å². The minimum absolute atomic E-state index is 0.00630. The lowest BCUT2D eigenvalue weighted by atomic mass is 9.88. The van der Waals surface area contributed by atoms with E-state index in [1.807, 2.05) is 66.7 Å². The topological polar surface area (TPSA) is 102 Å². The van der Waals surface area contributed by atoms with Crippen LogP contribution in [0.5, 0.6) is 0 Å². The molecule has 29 heavy (non-hydrogen) atoms. The number of nitrogens with two attached hydrogens (primary N) is 2. The van der Waals surface area contributed by atoms with E-state index in [1.165, 1.54) is 0 Å². The zero-order chi connectivity index (χ0) is 20.6. The molecular weight excluding hydrogens is 362 g/mol. The second-order valence-electron chi connectivity index (χ2n) is 6.52. The SMILES string of the molecule is NC(N)=Nc1cccc(C#Cc2cccc(C(CC(=O)O)c3ccccc3)c2)c1. The van der Waals surface area contributed by atoms with Gasteiger partial charge in [0.1, 0.15) is 0 Å². The van der Waals surface area contributed by atoms with Gasteiger partial charge in [-0.25, -0.2) is 4.99 Å². The van der Waals surface area contributed by atoms with Gasteiger partial charge in [0.15, 0.2) is 5.96 Å². The zero-order valence-electron chi connectivity index (χ0n) is 15.7. The Morgan fingerprint density at radius 3 is 2.14 bits per heavy atom. The quantitative estimate of drug-likeness (QED) is 0.356. The van der Waals surface area contributed by atoms with Crippen LogP contribution in [0.25, 0.3) is 0 Å².